The molecule has 0 spiro atoms. The lowest BCUT2D eigenvalue weighted by atomic mass is 9.91. The molecule has 11 heteroatoms. The lowest BCUT2D eigenvalue weighted by Crippen LogP contribution is -2.60. The maximum atomic E-state index is 13.8. The van der Waals surface area contributed by atoms with Gasteiger partial charge in [0.25, 0.3) is 0 Å². The Morgan fingerprint density at radius 1 is 0.962 bits per heavy atom. The molecule has 0 N–H and O–H groups in total. The Hall–Kier alpha value is -1.55. The van der Waals surface area contributed by atoms with E-state index < -0.39 is 54.0 Å². The van der Waals surface area contributed by atoms with Crippen LogP contribution in [-0.2, 0) is 19.1 Å². The number of alkyl halides is 7. The number of carbonyl (C=O) groups is 2. The maximum absolute atomic E-state index is 13.8. The van der Waals surface area contributed by atoms with Crippen LogP contribution in [0.1, 0.15) is 41.0 Å². The molecular formula is C15H21F7O4. The summed E-state index contributed by atoms with van der Waals surface area (Å²) >= 11 is 0. The van der Waals surface area contributed by atoms with Crippen molar-refractivity contribution in [3.05, 3.63) is 0 Å². The monoisotopic (exact) mass is 398 g/mol. The fraction of sp³-hybridized carbons (Fsp3) is 0.867. The molecule has 1 unspecified atom stereocenters. The first-order chi connectivity index (χ1) is 11.4. The van der Waals surface area contributed by atoms with E-state index in [0.717, 1.165) is 13.8 Å². The van der Waals surface area contributed by atoms with Gasteiger partial charge in [0, 0.05) is 0 Å². The first-order valence-electron chi connectivity index (χ1n) is 7.60. The van der Waals surface area contributed by atoms with Gasteiger partial charge in [0.1, 0.15) is 0 Å². The van der Waals surface area contributed by atoms with Crippen molar-refractivity contribution in [1.82, 2.24) is 0 Å². The van der Waals surface area contributed by atoms with Crippen molar-refractivity contribution in [3.63, 3.8) is 0 Å². The lowest BCUT2D eigenvalue weighted by Gasteiger charge is -2.35. The molecule has 26 heavy (non-hydrogen) atoms. The van der Waals surface area contributed by atoms with Crippen LogP contribution < -0.4 is 0 Å². The molecular weight excluding hydrogens is 377 g/mol. The second-order valence-corrected chi connectivity index (χ2v) is 6.66. The maximum Gasteiger partial charge on any atom is 0.460 e. The van der Waals surface area contributed by atoms with Crippen molar-refractivity contribution in [1.29, 1.82) is 0 Å². The molecule has 0 aliphatic heterocycles. The van der Waals surface area contributed by atoms with E-state index in [2.05, 4.69) is 9.47 Å². The molecule has 0 bridgehead atoms. The van der Waals surface area contributed by atoms with E-state index in [1.807, 2.05) is 0 Å². The second-order valence-electron chi connectivity index (χ2n) is 6.66. The topological polar surface area (TPSA) is 52.6 Å². The van der Waals surface area contributed by atoms with Crippen molar-refractivity contribution < 1.29 is 49.8 Å². The Morgan fingerprint density at radius 2 is 1.42 bits per heavy atom. The van der Waals surface area contributed by atoms with Gasteiger partial charge in [0.2, 0.25) is 0 Å². The van der Waals surface area contributed by atoms with Crippen LogP contribution in [0.4, 0.5) is 30.7 Å². The van der Waals surface area contributed by atoms with Gasteiger partial charge in [-0.2, -0.15) is 30.7 Å². The molecule has 0 amide bonds. The molecule has 0 aromatic heterocycles. The van der Waals surface area contributed by atoms with Crippen molar-refractivity contribution in [2.75, 3.05) is 6.61 Å². The Bertz CT molecular complexity index is 513. The summed E-state index contributed by atoms with van der Waals surface area (Å²) in [5.74, 6) is -16.3. The highest BCUT2D eigenvalue weighted by atomic mass is 19.4. The van der Waals surface area contributed by atoms with E-state index >= 15 is 0 Å². The van der Waals surface area contributed by atoms with Gasteiger partial charge in [0.05, 0.1) is 5.41 Å². The molecule has 4 nitrogen and oxygen atoms in total. The minimum atomic E-state index is -6.55. The smallest absolute Gasteiger partial charge is 0.453 e. The molecule has 0 aliphatic carbocycles. The van der Waals surface area contributed by atoms with Crippen LogP contribution >= 0.6 is 0 Å². The number of halogens is 7. The average Bonchev–Trinajstić information content (AvgIpc) is 2.48. The summed E-state index contributed by atoms with van der Waals surface area (Å²) in [7, 11) is 0. The summed E-state index contributed by atoms with van der Waals surface area (Å²) in [4.78, 5) is 23.2. The third-order valence-electron chi connectivity index (χ3n) is 3.75. The highest BCUT2D eigenvalue weighted by Crippen LogP contribution is 2.49. The summed E-state index contributed by atoms with van der Waals surface area (Å²) in [6.07, 6.45) is -9.32. The molecule has 0 rings (SSSR count). The zero-order chi connectivity index (χ0) is 21.1. The van der Waals surface area contributed by atoms with Crippen molar-refractivity contribution in [2.45, 2.75) is 65.2 Å². The van der Waals surface area contributed by atoms with Crippen molar-refractivity contribution in [2.24, 2.45) is 11.3 Å². The Kier molecular flexibility index (Phi) is 7.52. The largest absolute Gasteiger partial charge is 0.460 e. The van der Waals surface area contributed by atoms with Crippen LogP contribution in [0.25, 0.3) is 0 Å². The van der Waals surface area contributed by atoms with E-state index in [1.165, 1.54) is 13.8 Å². The van der Waals surface area contributed by atoms with Crippen LogP contribution in [0, 0.1) is 11.3 Å². The average molecular weight is 398 g/mol. The third kappa shape index (κ3) is 5.23. The van der Waals surface area contributed by atoms with E-state index in [-0.39, 0.29) is 0 Å². The summed E-state index contributed by atoms with van der Waals surface area (Å²) in [5, 5.41) is 0. The Morgan fingerprint density at radius 3 is 1.77 bits per heavy atom. The zero-order valence-corrected chi connectivity index (χ0v) is 14.8. The molecule has 154 valence electrons. The van der Waals surface area contributed by atoms with Gasteiger partial charge in [0.15, 0.2) is 12.7 Å². The molecule has 0 aromatic rings. The van der Waals surface area contributed by atoms with Crippen LogP contribution in [0.5, 0.6) is 0 Å². The predicted octanol–water partition coefficient (Wildman–Crippen LogP) is 4.37. The van der Waals surface area contributed by atoms with Gasteiger partial charge < -0.3 is 9.47 Å². The molecule has 0 fully saturated rings. The zero-order valence-electron chi connectivity index (χ0n) is 14.8. The highest BCUT2D eigenvalue weighted by Gasteiger charge is 2.76. The van der Waals surface area contributed by atoms with Crippen molar-refractivity contribution >= 4 is 11.9 Å². The second kappa shape index (κ2) is 7.99. The van der Waals surface area contributed by atoms with Crippen LogP contribution in [0.3, 0.4) is 0 Å². The van der Waals surface area contributed by atoms with Crippen LogP contribution in [0.2, 0.25) is 0 Å². The first-order valence-corrected chi connectivity index (χ1v) is 7.60. The third-order valence-corrected chi connectivity index (χ3v) is 3.75. The number of hydrogen-bond donors (Lipinski definition) is 0. The summed E-state index contributed by atoms with van der Waals surface area (Å²) in [5.41, 5.74) is -1.01. The number of ether oxygens (including phenoxy) is 2. The quantitative estimate of drug-likeness (QED) is 0.450. The van der Waals surface area contributed by atoms with Gasteiger partial charge in [-0.15, -0.1) is 0 Å². The van der Waals surface area contributed by atoms with E-state index in [0.29, 0.717) is 6.42 Å². The standard InChI is InChI=1S/C15H21F7O4/c1-6-12(4,5)11(24)25-7-9(23)26-10(8(2)3)13(16,17)14(18,19)15(20,21)22/h8,10H,6-7H2,1-5H3. The van der Waals surface area contributed by atoms with Gasteiger partial charge in [-0.3, -0.25) is 4.79 Å². The minimum Gasteiger partial charge on any atom is -0.453 e. The lowest BCUT2D eigenvalue weighted by molar-refractivity contribution is -0.374. The molecule has 0 saturated carbocycles. The van der Waals surface area contributed by atoms with Crippen molar-refractivity contribution in [3.8, 4) is 0 Å². The first kappa shape index (κ1) is 24.5. The number of hydrogen-bond acceptors (Lipinski definition) is 4. The van der Waals surface area contributed by atoms with Gasteiger partial charge in [-0.05, 0) is 26.2 Å². The fourth-order valence-electron chi connectivity index (χ4n) is 1.64. The van der Waals surface area contributed by atoms with Gasteiger partial charge in [-0.1, -0.05) is 20.8 Å². The molecule has 0 heterocycles. The molecule has 0 saturated heterocycles. The van der Waals surface area contributed by atoms with Crippen LogP contribution in [0.15, 0.2) is 0 Å². The Labute approximate surface area is 146 Å². The number of rotatable bonds is 8. The number of esters is 2. The molecule has 0 aliphatic rings. The summed E-state index contributed by atoms with van der Waals surface area (Å²) in [6, 6.07) is 0. The minimum absolute atomic E-state index is 0.311. The summed E-state index contributed by atoms with van der Waals surface area (Å²) < 4.78 is 99.3. The molecule has 0 aromatic carbocycles. The van der Waals surface area contributed by atoms with E-state index in [4.69, 9.17) is 0 Å². The highest BCUT2D eigenvalue weighted by molar-refractivity contribution is 5.79. The SMILES string of the molecule is CCC(C)(C)C(=O)OCC(=O)OC(C(C)C)C(F)(F)C(F)(F)C(F)(F)F. The van der Waals surface area contributed by atoms with Gasteiger partial charge >= 0.3 is 30.0 Å². The fourth-order valence-corrected chi connectivity index (χ4v) is 1.64. The van der Waals surface area contributed by atoms with E-state index in [9.17, 15) is 40.3 Å². The summed E-state index contributed by atoms with van der Waals surface area (Å²) in [6.45, 7) is 5.13. The van der Waals surface area contributed by atoms with Gasteiger partial charge in [-0.25, -0.2) is 4.79 Å². The predicted molar refractivity (Wildman–Crippen MR) is 75.7 cm³/mol. The van der Waals surface area contributed by atoms with Crippen LogP contribution in [-0.4, -0.2) is 42.7 Å². The molecule has 0 radical (unpaired) electrons. The molecule has 1 atom stereocenters. The van der Waals surface area contributed by atoms with E-state index in [1.54, 1.807) is 6.92 Å². The number of carbonyl (C=O) groups excluding carboxylic acids is 2. The Balaban J connectivity index is 5.26. The normalized spacial score (nSPS) is 15.0.